The third-order valence-electron chi connectivity index (χ3n) is 8.01. The maximum atomic E-state index is 10.1. The summed E-state index contributed by atoms with van der Waals surface area (Å²) in [5, 5.41) is 58.9. The Morgan fingerprint density at radius 3 is 1.86 bits per heavy atom. The number of hydrogen-bond donors (Lipinski definition) is 0. The summed E-state index contributed by atoms with van der Waals surface area (Å²) in [5.41, 5.74) is 6.17. The third kappa shape index (κ3) is 8.29. The van der Waals surface area contributed by atoms with E-state index in [2.05, 4.69) is 24.0 Å². The van der Waals surface area contributed by atoms with Crippen LogP contribution in [0.5, 0.6) is 0 Å². The lowest BCUT2D eigenvalue weighted by Crippen LogP contribution is -2.22. The summed E-state index contributed by atoms with van der Waals surface area (Å²) in [5.74, 6) is -1.11. The zero-order chi connectivity index (χ0) is 35.7. The van der Waals surface area contributed by atoms with Crippen LogP contribution in [0.15, 0.2) is 161 Å². The molecule has 0 aliphatic heterocycles. The molecule has 0 saturated carbocycles. The van der Waals surface area contributed by atoms with Crippen LogP contribution >= 0.6 is 0 Å². The van der Waals surface area contributed by atoms with Crippen LogP contribution < -0.4 is 4.90 Å². The van der Waals surface area contributed by atoms with Crippen molar-refractivity contribution in [2.75, 3.05) is 11.4 Å². The Morgan fingerprint density at radius 1 is 0.720 bits per heavy atom. The molecular formula is C43H31N7. The molecule has 3 aromatic rings. The number of benzene rings is 3. The van der Waals surface area contributed by atoms with Crippen LogP contribution in [0.1, 0.15) is 30.9 Å². The lowest BCUT2D eigenvalue weighted by molar-refractivity contribution is 0.958. The number of hydrogen-bond acceptors (Lipinski definition) is 7. The smallest absolute Gasteiger partial charge is 0.160 e. The van der Waals surface area contributed by atoms with Crippen molar-refractivity contribution in [1.82, 2.24) is 0 Å². The quantitative estimate of drug-likeness (QED) is 0.149. The zero-order valence-corrected chi connectivity index (χ0v) is 27.5. The van der Waals surface area contributed by atoms with Crippen LogP contribution in [0.3, 0.4) is 0 Å². The van der Waals surface area contributed by atoms with E-state index in [4.69, 9.17) is 0 Å². The van der Waals surface area contributed by atoms with E-state index in [1.807, 2.05) is 78.9 Å². The SMILES string of the molecule is CCN(C1=C(C=CC=C(C#N)C(=C(C#N)C#N)c2ccccc2)CCC1=CC=CC(C#N)=C(c1ccccc1)C(C#N)C#N)c1ccccc1. The maximum Gasteiger partial charge on any atom is 0.160 e. The van der Waals surface area contributed by atoms with Gasteiger partial charge >= 0.3 is 0 Å². The Labute approximate surface area is 293 Å². The van der Waals surface area contributed by atoms with E-state index in [0.717, 1.165) is 22.5 Å². The highest BCUT2D eigenvalue weighted by Crippen LogP contribution is 2.38. The number of para-hydroxylation sites is 1. The van der Waals surface area contributed by atoms with Crippen LogP contribution in [0.4, 0.5) is 5.69 Å². The minimum absolute atomic E-state index is 0.145. The second kappa shape index (κ2) is 18.1. The van der Waals surface area contributed by atoms with Crippen LogP contribution in [-0.4, -0.2) is 6.54 Å². The van der Waals surface area contributed by atoms with Gasteiger partial charge in [0.05, 0.1) is 35.4 Å². The van der Waals surface area contributed by atoms with Crippen molar-refractivity contribution in [2.24, 2.45) is 5.92 Å². The topological polar surface area (TPSA) is 146 Å². The average Bonchev–Trinajstić information content (AvgIpc) is 3.56. The average molecular weight is 646 g/mol. The minimum Gasteiger partial charge on any atom is -0.341 e. The second-order valence-electron chi connectivity index (χ2n) is 10.9. The van der Waals surface area contributed by atoms with Gasteiger partial charge in [0, 0.05) is 29.1 Å². The Balaban J connectivity index is 1.83. The molecule has 3 aromatic carbocycles. The fraction of sp³-hybridized carbons (Fsp3) is 0.116. The first-order valence-electron chi connectivity index (χ1n) is 15.9. The molecular weight excluding hydrogens is 615 g/mol. The van der Waals surface area contributed by atoms with Gasteiger partial charge in [-0.3, -0.25) is 0 Å². The molecule has 1 aliphatic rings. The Hall–Kier alpha value is -7.42. The Morgan fingerprint density at radius 2 is 1.32 bits per heavy atom. The van der Waals surface area contributed by atoms with Gasteiger partial charge in [0.2, 0.25) is 0 Å². The number of rotatable bonds is 11. The molecule has 50 heavy (non-hydrogen) atoms. The van der Waals surface area contributed by atoms with Crippen molar-refractivity contribution in [2.45, 2.75) is 19.8 Å². The highest BCUT2D eigenvalue weighted by atomic mass is 15.1. The molecule has 7 heteroatoms. The van der Waals surface area contributed by atoms with Crippen LogP contribution in [0.25, 0.3) is 11.1 Å². The van der Waals surface area contributed by atoms with E-state index < -0.39 is 5.92 Å². The molecule has 1 aliphatic carbocycles. The van der Waals surface area contributed by atoms with Crippen molar-refractivity contribution in [3.8, 4) is 36.4 Å². The molecule has 0 saturated heterocycles. The Kier molecular flexibility index (Phi) is 12.8. The van der Waals surface area contributed by atoms with Gasteiger partial charge in [-0.2, -0.15) is 31.6 Å². The largest absolute Gasteiger partial charge is 0.341 e. The van der Waals surface area contributed by atoms with Gasteiger partial charge in [-0.05, 0) is 66.3 Å². The molecule has 0 fully saturated rings. The first-order chi connectivity index (χ1) is 24.5. The summed E-state index contributed by atoms with van der Waals surface area (Å²) >= 11 is 0. The molecule has 238 valence electrons. The molecule has 0 aromatic heterocycles. The van der Waals surface area contributed by atoms with Gasteiger partial charge in [-0.25, -0.2) is 0 Å². The summed E-state index contributed by atoms with van der Waals surface area (Å²) in [6, 6.07) is 40.1. The molecule has 0 N–H and O–H groups in total. The predicted molar refractivity (Wildman–Crippen MR) is 194 cm³/mol. The van der Waals surface area contributed by atoms with Gasteiger partial charge < -0.3 is 4.90 Å². The summed E-state index contributed by atoms with van der Waals surface area (Å²) in [6.07, 6.45) is 12.1. The normalized spacial score (nSPS) is 13.9. The minimum atomic E-state index is -1.11. The fourth-order valence-electron chi connectivity index (χ4n) is 5.78. The monoisotopic (exact) mass is 645 g/mol. The molecule has 0 atom stereocenters. The van der Waals surface area contributed by atoms with E-state index in [1.165, 1.54) is 0 Å². The van der Waals surface area contributed by atoms with Crippen LogP contribution in [0, 0.1) is 73.9 Å². The molecule has 0 radical (unpaired) electrons. The lowest BCUT2D eigenvalue weighted by atomic mass is 9.90. The number of allylic oxidation sites excluding steroid dienone is 13. The van der Waals surface area contributed by atoms with Gasteiger partial charge in [-0.1, -0.05) is 103 Å². The van der Waals surface area contributed by atoms with Crippen molar-refractivity contribution in [3.63, 3.8) is 0 Å². The van der Waals surface area contributed by atoms with E-state index in [-0.39, 0.29) is 22.3 Å². The number of likely N-dealkylation sites (N-methyl/N-ethyl adjacent to an activating group) is 1. The van der Waals surface area contributed by atoms with Gasteiger partial charge in [0.15, 0.2) is 5.92 Å². The molecule has 0 spiro atoms. The Bertz CT molecular complexity index is 2160. The zero-order valence-electron chi connectivity index (χ0n) is 27.5. The lowest BCUT2D eigenvalue weighted by Gasteiger charge is -2.27. The first kappa shape index (κ1) is 35.4. The molecule has 7 nitrogen and oxygen atoms in total. The molecule has 4 rings (SSSR count). The summed E-state index contributed by atoms with van der Waals surface area (Å²) in [6.45, 7) is 2.73. The number of nitrogens with zero attached hydrogens (tertiary/aromatic N) is 7. The van der Waals surface area contributed by atoms with E-state index >= 15 is 0 Å². The van der Waals surface area contributed by atoms with Crippen molar-refractivity contribution < 1.29 is 0 Å². The summed E-state index contributed by atoms with van der Waals surface area (Å²) in [4.78, 5) is 2.21. The van der Waals surface area contributed by atoms with Gasteiger partial charge in [0.25, 0.3) is 0 Å². The van der Waals surface area contributed by atoms with Crippen molar-refractivity contribution in [1.29, 1.82) is 31.6 Å². The van der Waals surface area contributed by atoms with Gasteiger partial charge in [0.1, 0.15) is 17.7 Å². The first-order valence-corrected chi connectivity index (χ1v) is 15.9. The van der Waals surface area contributed by atoms with E-state index in [9.17, 15) is 31.6 Å². The molecule has 0 amide bonds. The van der Waals surface area contributed by atoms with Gasteiger partial charge in [-0.15, -0.1) is 0 Å². The predicted octanol–water partition coefficient (Wildman–Crippen LogP) is 9.19. The van der Waals surface area contributed by atoms with E-state index in [1.54, 1.807) is 72.8 Å². The third-order valence-corrected chi connectivity index (χ3v) is 8.01. The number of nitriles is 6. The number of anilines is 1. The summed E-state index contributed by atoms with van der Waals surface area (Å²) in [7, 11) is 0. The van der Waals surface area contributed by atoms with Crippen molar-refractivity contribution in [3.05, 3.63) is 172 Å². The molecule has 0 unspecified atom stereocenters. The van der Waals surface area contributed by atoms with Crippen molar-refractivity contribution >= 4 is 16.8 Å². The summed E-state index contributed by atoms with van der Waals surface area (Å²) < 4.78 is 0. The standard InChI is InChI=1S/C43H31N7/c1-2-50(40-22-10-5-11-23-40)43-34(18-12-20-36(26-44)41(38(28-46)29-47)32-14-6-3-7-15-32)24-25-35(43)19-13-21-37(27-45)42(39(30-48)31-49)33-16-8-4-9-17-33/h3-23,38H,2,24-25H2,1H3. The molecule has 0 bridgehead atoms. The fourth-order valence-corrected chi connectivity index (χ4v) is 5.78. The highest BCUT2D eigenvalue weighted by Gasteiger charge is 2.24. The second-order valence-corrected chi connectivity index (χ2v) is 10.9. The van der Waals surface area contributed by atoms with Crippen LogP contribution in [-0.2, 0) is 0 Å². The maximum absolute atomic E-state index is 10.1. The van der Waals surface area contributed by atoms with E-state index in [0.29, 0.717) is 36.1 Å². The highest BCUT2D eigenvalue weighted by molar-refractivity contribution is 5.89. The van der Waals surface area contributed by atoms with Crippen LogP contribution in [0.2, 0.25) is 0 Å². The molecule has 0 heterocycles.